The van der Waals surface area contributed by atoms with Crippen LogP contribution in [-0.4, -0.2) is 25.7 Å². The number of fused-ring (bicyclic) bond motifs is 1. The molecule has 0 saturated heterocycles. The molecule has 0 fully saturated rings. The highest BCUT2D eigenvalue weighted by Gasteiger charge is 2.23. The molecule has 0 spiro atoms. The van der Waals surface area contributed by atoms with E-state index in [4.69, 9.17) is 0 Å². The van der Waals surface area contributed by atoms with Gasteiger partial charge in [0.1, 0.15) is 11.7 Å². The molecule has 0 aliphatic carbocycles. The minimum Gasteiger partial charge on any atom is -0.481 e. The minimum atomic E-state index is -1.03. The third-order valence-corrected chi connectivity index (χ3v) is 3.32. The number of halogens is 1. The lowest BCUT2D eigenvalue weighted by Gasteiger charge is -2.12. The number of rotatable bonds is 4. The number of nitrogens with zero attached hydrogens (tertiary/aromatic N) is 3. The van der Waals surface area contributed by atoms with Gasteiger partial charge in [-0.05, 0) is 24.1 Å². The van der Waals surface area contributed by atoms with Crippen molar-refractivity contribution >= 4 is 11.6 Å². The van der Waals surface area contributed by atoms with E-state index in [0.29, 0.717) is 16.9 Å². The average molecular weight is 285 g/mol. The highest BCUT2D eigenvalue weighted by atomic mass is 19.1. The van der Waals surface area contributed by atoms with Gasteiger partial charge in [-0.1, -0.05) is 18.2 Å². The molecule has 0 aliphatic heterocycles. The normalized spacial score (nSPS) is 12.4. The molecule has 0 bridgehead atoms. The van der Waals surface area contributed by atoms with Crippen molar-refractivity contribution in [3.05, 3.63) is 65.9 Å². The van der Waals surface area contributed by atoms with Crippen LogP contribution in [0.2, 0.25) is 0 Å². The molecule has 1 atom stereocenters. The van der Waals surface area contributed by atoms with Crippen LogP contribution >= 0.6 is 0 Å². The Morgan fingerprint density at radius 1 is 1.29 bits per heavy atom. The van der Waals surface area contributed by atoms with Crippen molar-refractivity contribution in [2.24, 2.45) is 0 Å². The van der Waals surface area contributed by atoms with Crippen molar-refractivity contribution in [1.29, 1.82) is 0 Å². The van der Waals surface area contributed by atoms with Gasteiger partial charge >= 0.3 is 5.97 Å². The topological polar surface area (TPSA) is 67.5 Å². The monoisotopic (exact) mass is 285 g/mol. The maximum absolute atomic E-state index is 13.7. The van der Waals surface area contributed by atoms with E-state index in [1.165, 1.54) is 6.07 Å². The average Bonchev–Trinajstić information content (AvgIpc) is 2.93. The van der Waals surface area contributed by atoms with Crippen molar-refractivity contribution in [2.45, 2.75) is 12.3 Å². The Labute approximate surface area is 119 Å². The second-order valence-electron chi connectivity index (χ2n) is 4.67. The summed E-state index contributed by atoms with van der Waals surface area (Å²) in [5, 5.41) is 13.4. The highest BCUT2D eigenvalue weighted by Crippen LogP contribution is 2.21. The van der Waals surface area contributed by atoms with Crippen molar-refractivity contribution in [1.82, 2.24) is 14.6 Å². The summed E-state index contributed by atoms with van der Waals surface area (Å²) in [6.45, 7) is 0. The summed E-state index contributed by atoms with van der Waals surface area (Å²) in [5.74, 6) is -2.34. The first-order chi connectivity index (χ1) is 10.1. The molecule has 2 aromatic heterocycles. The van der Waals surface area contributed by atoms with Gasteiger partial charge in [0.15, 0.2) is 5.65 Å². The highest BCUT2D eigenvalue weighted by molar-refractivity contribution is 5.76. The number of carboxylic acids is 1. The zero-order valence-electron chi connectivity index (χ0n) is 11.0. The zero-order valence-corrected chi connectivity index (χ0v) is 11.0. The Morgan fingerprint density at radius 3 is 2.86 bits per heavy atom. The lowest BCUT2D eigenvalue weighted by atomic mass is 9.96. The van der Waals surface area contributed by atoms with Gasteiger partial charge in [-0.3, -0.25) is 4.79 Å². The number of hydrogen-bond acceptors (Lipinski definition) is 3. The fourth-order valence-electron chi connectivity index (χ4n) is 2.22. The van der Waals surface area contributed by atoms with Crippen LogP contribution in [0.4, 0.5) is 4.39 Å². The minimum absolute atomic E-state index is 0.0549. The Kier molecular flexibility index (Phi) is 3.35. The lowest BCUT2D eigenvalue weighted by molar-refractivity contribution is -0.138. The molecule has 21 heavy (non-hydrogen) atoms. The van der Waals surface area contributed by atoms with E-state index < -0.39 is 17.7 Å². The molecular formula is C15H12FN3O2. The zero-order chi connectivity index (χ0) is 14.8. The number of hydrogen-bond donors (Lipinski definition) is 1. The van der Waals surface area contributed by atoms with Crippen molar-refractivity contribution in [2.75, 3.05) is 0 Å². The molecule has 0 amide bonds. The smallest absolute Gasteiger partial charge is 0.312 e. The van der Waals surface area contributed by atoms with Gasteiger partial charge in [-0.2, -0.15) is 5.10 Å². The van der Waals surface area contributed by atoms with Crippen LogP contribution in [-0.2, 0) is 11.2 Å². The first-order valence-corrected chi connectivity index (χ1v) is 6.41. The molecule has 2 heterocycles. The Bertz CT molecular complexity index is 800. The van der Waals surface area contributed by atoms with Crippen LogP contribution < -0.4 is 0 Å². The summed E-state index contributed by atoms with van der Waals surface area (Å²) in [6.07, 6.45) is 3.28. The Hall–Kier alpha value is -2.76. The van der Waals surface area contributed by atoms with Gasteiger partial charge in [-0.15, -0.1) is 0 Å². The van der Waals surface area contributed by atoms with Crippen molar-refractivity contribution in [3.63, 3.8) is 0 Å². The molecule has 6 heteroatoms. The van der Waals surface area contributed by atoms with Crippen molar-refractivity contribution in [3.8, 4) is 0 Å². The summed E-state index contributed by atoms with van der Waals surface area (Å²) in [7, 11) is 0. The van der Waals surface area contributed by atoms with E-state index in [-0.39, 0.29) is 6.42 Å². The standard InChI is InChI=1S/C15H12FN3O2/c16-12-4-2-1-3-10(12)9-11(15(20)21)13-6-8-19-14(18-13)5-7-17-19/h1-8,11H,9H2,(H,20,21). The molecule has 3 rings (SSSR count). The van der Waals surface area contributed by atoms with Crippen LogP contribution in [0.5, 0.6) is 0 Å². The second kappa shape index (κ2) is 5.32. The first kappa shape index (κ1) is 13.2. The fraction of sp³-hybridized carbons (Fsp3) is 0.133. The molecule has 3 aromatic rings. The molecule has 106 valence electrons. The van der Waals surface area contributed by atoms with E-state index in [0.717, 1.165) is 0 Å². The SMILES string of the molecule is O=C(O)C(Cc1ccccc1F)c1ccn2nccc2n1. The Morgan fingerprint density at radius 2 is 2.10 bits per heavy atom. The number of aliphatic carboxylic acids is 1. The summed E-state index contributed by atoms with van der Waals surface area (Å²) in [4.78, 5) is 15.8. The molecule has 5 nitrogen and oxygen atoms in total. The van der Waals surface area contributed by atoms with Crippen molar-refractivity contribution < 1.29 is 14.3 Å². The number of carboxylic acid groups (broad SMARTS) is 1. The van der Waals surface area contributed by atoms with Crippen LogP contribution in [0.15, 0.2) is 48.8 Å². The number of benzene rings is 1. The number of carbonyl (C=O) groups is 1. The molecule has 1 N–H and O–H groups in total. The predicted molar refractivity (Wildman–Crippen MR) is 73.5 cm³/mol. The van der Waals surface area contributed by atoms with Crippen LogP contribution in [0.25, 0.3) is 5.65 Å². The number of aromatic nitrogens is 3. The van der Waals surface area contributed by atoms with E-state index in [2.05, 4.69) is 10.1 Å². The van der Waals surface area contributed by atoms with E-state index in [1.54, 1.807) is 47.2 Å². The third-order valence-electron chi connectivity index (χ3n) is 3.32. The molecule has 1 aromatic carbocycles. The second-order valence-corrected chi connectivity index (χ2v) is 4.67. The Balaban J connectivity index is 1.97. The van der Waals surface area contributed by atoms with Gasteiger partial charge in [0.25, 0.3) is 0 Å². The summed E-state index contributed by atoms with van der Waals surface area (Å²) < 4.78 is 15.3. The quantitative estimate of drug-likeness (QED) is 0.798. The summed E-state index contributed by atoms with van der Waals surface area (Å²) >= 11 is 0. The van der Waals surface area contributed by atoms with Crippen LogP contribution in [0.1, 0.15) is 17.2 Å². The first-order valence-electron chi connectivity index (χ1n) is 6.41. The summed E-state index contributed by atoms with van der Waals surface area (Å²) in [5.41, 5.74) is 1.31. The maximum atomic E-state index is 13.7. The molecule has 1 unspecified atom stereocenters. The fourth-order valence-corrected chi connectivity index (χ4v) is 2.22. The van der Waals surface area contributed by atoms with Gasteiger partial charge in [0.05, 0.1) is 11.9 Å². The summed E-state index contributed by atoms with van der Waals surface area (Å²) in [6, 6.07) is 9.45. The van der Waals surface area contributed by atoms with Gasteiger partial charge in [-0.25, -0.2) is 13.9 Å². The van der Waals surface area contributed by atoms with Gasteiger partial charge in [0, 0.05) is 12.3 Å². The largest absolute Gasteiger partial charge is 0.481 e. The lowest BCUT2D eigenvalue weighted by Crippen LogP contribution is -2.17. The van der Waals surface area contributed by atoms with Gasteiger partial charge < -0.3 is 5.11 Å². The molecule has 0 aliphatic rings. The van der Waals surface area contributed by atoms with E-state index in [1.807, 2.05) is 0 Å². The van der Waals surface area contributed by atoms with E-state index in [9.17, 15) is 14.3 Å². The molecular weight excluding hydrogens is 273 g/mol. The molecule has 0 saturated carbocycles. The third kappa shape index (κ3) is 2.60. The predicted octanol–water partition coefficient (Wildman–Crippen LogP) is 2.28. The van der Waals surface area contributed by atoms with E-state index >= 15 is 0 Å². The maximum Gasteiger partial charge on any atom is 0.312 e. The van der Waals surface area contributed by atoms with Gasteiger partial charge in [0.2, 0.25) is 0 Å². The van der Waals surface area contributed by atoms with Crippen LogP contribution in [0.3, 0.4) is 0 Å². The molecule has 0 radical (unpaired) electrons. The van der Waals surface area contributed by atoms with Crippen LogP contribution in [0, 0.1) is 5.82 Å².